The van der Waals surface area contributed by atoms with Gasteiger partial charge >= 0.3 is 0 Å². The number of likely N-dealkylation sites (tertiary alicyclic amines) is 1. The van der Waals surface area contributed by atoms with Crippen LogP contribution in [-0.2, 0) is 9.59 Å². The number of carbonyl (C=O) groups is 2. The van der Waals surface area contributed by atoms with Crippen molar-refractivity contribution in [1.82, 2.24) is 14.7 Å². The highest BCUT2D eigenvalue weighted by Crippen LogP contribution is 2.24. The van der Waals surface area contributed by atoms with Gasteiger partial charge in [-0.3, -0.25) is 19.4 Å². The molecule has 2 heterocycles. The number of hydrogen-bond donors (Lipinski definition) is 1. The number of benzene rings is 1. The summed E-state index contributed by atoms with van der Waals surface area (Å²) in [6.45, 7) is 9.65. The summed E-state index contributed by atoms with van der Waals surface area (Å²) in [4.78, 5) is 31.7. The predicted octanol–water partition coefficient (Wildman–Crippen LogP) is 2.56. The molecule has 1 aromatic rings. The lowest BCUT2D eigenvalue weighted by Gasteiger charge is -2.44. The summed E-state index contributed by atoms with van der Waals surface area (Å²) in [6.07, 6.45) is 3.36. The minimum Gasteiger partial charge on any atom is -0.336 e. The lowest BCUT2D eigenvalue weighted by Crippen LogP contribution is -2.58. The van der Waals surface area contributed by atoms with Gasteiger partial charge in [-0.2, -0.15) is 0 Å². The molecule has 1 N–H and O–H groups in total. The lowest BCUT2D eigenvalue weighted by molar-refractivity contribution is -0.143. The molecule has 0 aliphatic carbocycles. The Hall–Kier alpha value is -1.99. The van der Waals surface area contributed by atoms with Gasteiger partial charge < -0.3 is 10.2 Å². The van der Waals surface area contributed by atoms with Crippen LogP contribution in [-0.4, -0.2) is 77.4 Å². The number of rotatable bonds is 5. The molecule has 2 aliphatic heterocycles. The summed E-state index contributed by atoms with van der Waals surface area (Å²) in [5.74, 6) is -0.200. The first-order chi connectivity index (χ1) is 13.8. The van der Waals surface area contributed by atoms with E-state index >= 15 is 0 Å². The number of nitrogens with one attached hydrogen (secondary N) is 1. The van der Waals surface area contributed by atoms with E-state index < -0.39 is 0 Å². The second-order valence-electron chi connectivity index (χ2n) is 8.42. The van der Waals surface area contributed by atoms with Crippen molar-refractivity contribution in [3.8, 4) is 0 Å². The fourth-order valence-corrected chi connectivity index (χ4v) is 4.47. The van der Waals surface area contributed by atoms with Crippen LogP contribution in [0.15, 0.2) is 24.3 Å². The normalized spacial score (nSPS) is 24.9. The quantitative estimate of drug-likeness (QED) is 0.820. The summed E-state index contributed by atoms with van der Waals surface area (Å²) in [5.41, 5.74) is 0.596. The van der Waals surface area contributed by atoms with E-state index in [9.17, 15) is 14.0 Å². The minimum absolute atomic E-state index is 0.106. The number of piperazine rings is 1. The average Bonchev–Trinajstić information content (AvgIpc) is 2.69. The molecule has 0 bridgehead atoms. The van der Waals surface area contributed by atoms with Gasteiger partial charge in [-0.25, -0.2) is 4.39 Å². The molecule has 0 saturated carbocycles. The highest BCUT2D eigenvalue weighted by atomic mass is 19.1. The van der Waals surface area contributed by atoms with Gasteiger partial charge in [0, 0.05) is 44.0 Å². The Labute approximate surface area is 173 Å². The number of nitrogens with zero attached hydrogens (tertiary/aromatic N) is 3. The largest absolute Gasteiger partial charge is 0.336 e. The SMILES string of the molecule is C[C@H](C(=O)N1[C@@H](C)CCC[C@@H]1C)N1CCN(CC(=O)Nc2ccc(F)cc2)CC1. The van der Waals surface area contributed by atoms with Crippen LogP contribution in [0.25, 0.3) is 0 Å². The predicted molar refractivity (Wildman–Crippen MR) is 112 cm³/mol. The van der Waals surface area contributed by atoms with Gasteiger partial charge in [0.05, 0.1) is 12.6 Å². The standard InChI is InChI=1S/C22H33FN4O2/c1-16-5-4-6-17(2)27(16)22(29)18(3)26-13-11-25(12-14-26)15-21(28)24-20-9-7-19(23)8-10-20/h7-10,16-18H,4-6,11-15H2,1-3H3,(H,24,28)/t16-,17-,18+/m0/s1. The summed E-state index contributed by atoms with van der Waals surface area (Å²) in [5, 5.41) is 2.80. The molecule has 1 aromatic carbocycles. The van der Waals surface area contributed by atoms with Crippen molar-refractivity contribution < 1.29 is 14.0 Å². The van der Waals surface area contributed by atoms with Gasteiger partial charge in [0.2, 0.25) is 11.8 Å². The molecule has 2 aliphatic rings. The van der Waals surface area contributed by atoms with Crippen molar-refractivity contribution in [2.75, 3.05) is 38.0 Å². The second kappa shape index (κ2) is 9.67. The summed E-state index contributed by atoms with van der Waals surface area (Å²) < 4.78 is 13.0. The van der Waals surface area contributed by atoms with Gasteiger partial charge in [0.1, 0.15) is 5.82 Å². The zero-order valence-corrected chi connectivity index (χ0v) is 17.7. The van der Waals surface area contributed by atoms with Crippen LogP contribution < -0.4 is 5.32 Å². The van der Waals surface area contributed by atoms with Crippen molar-refractivity contribution in [3.05, 3.63) is 30.1 Å². The fraction of sp³-hybridized carbons (Fsp3) is 0.636. The number of anilines is 1. The molecule has 0 aromatic heterocycles. The molecule has 6 nitrogen and oxygen atoms in total. The van der Waals surface area contributed by atoms with Crippen molar-refractivity contribution in [2.45, 2.75) is 58.2 Å². The van der Waals surface area contributed by atoms with E-state index in [4.69, 9.17) is 0 Å². The smallest absolute Gasteiger partial charge is 0.240 e. The molecular formula is C22H33FN4O2. The average molecular weight is 405 g/mol. The van der Waals surface area contributed by atoms with Crippen LogP contribution in [0.5, 0.6) is 0 Å². The third-order valence-electron chi connectivity index (χ3n) is 6.26. The van der Waals surface area contributed by atoms with Crippen molar-refractivity contribution in [1.29, 1.82) is 0 Å². The first-order valence-electron chi connectivity index (χ1n) is 10.7. The molecular weight excluding hydrogens is 371 g/mol. The Kier molecular flexibility index (Phi) is 7.24. The number of amides is 2. The fourth-order valence-electron chi connectivity index (χ4n) is 4.47. The monoisotopic (exact) mass is 404 g/mol. The molecule has 0 spiro atoms. The van der Waals surface area contributed by atoms with E-state index in [-0.39, 0.29) is 23.7 Å². The van der Waals surface area contributed by atoms with Gasteiger partial charge in [0.15, 0.2) is 0 Å². The zero-order valence-electron chi connectivity index (χ0n) is 17.7. The van der Waals surface area contributed by atoms with Crippen LogP contribution in [0.1, 0.15) is 40.0 Å². The number of halogens is 1. The van der Waals surface area contributed by atoms with E-state index in [1.54, 1.807) is 12.1 Å². The van der Waals surface area contributed by atoms with Crippen LogP contribution in [0.2, 0.25) is 0 Å². The molecule has 2 fully saturated rings. The zero-order chi connectivity index (χ0) is 21.0. The summed E-state index contributed by atoms with van der Waals surface area (Å²) in [7, 11) is 0. The van der Waals surface area contributed by atoms with E-state index in [1.807, 2.05) is 6.92 Å². The Morgan fingerprint density at radius 2 is 1.66 bits per heavy atom. The van der Waals surface area contributed by atoms with E-state index in [0.29, 0.717) is 24.3 Å². The Morgan fingerprint density at radius 1 is 1.07 bits per heavy atom. The molecule has 3 atom stereocenters. The maximum Gasteiger partial charge on any atom is 0.240 e. The van der Waals surface area contributed by atoms with Gasteiger partial charge in [-0.1, -0.05) is 0 Å². The van der Waals surface area contributed by atoms with Gasteiger partial charge in [-0.15, -0.1) is 0 Å². The van der Waals surface area contributed by atoms with Gasteiger partial charge in [0.25, 0.3) is 0 Å². The minimum atomic E-state index is -0.323. The molecule has 7 heteroatoms. The number of piperidine rings is 1. The number of carbonyl (C=O) groups excluding carboxylic acids is 2. The second-order valence-corrected chi connectivity index (χ2v) is 8.42. The Bertz CT molecular complexity index is 693. The highest BCUT2D eigenvalue weighted by Gasteiger charge is 2.35. The van der Waals surface area contributed by atoms with Crippen LogP contribution >= 0.6 is 0 Å². The molecule has 2 saturated heterocycles. The van der Waals surface area contributed by atoms with Crippen LogP contribution in [0.3, 0.4) is 0 Å². The van der Waals surface area contributed by atoms with E-state index in [1.165, 1.54) is 18.6 Å². The van der Waals surface area contributed by atoms with Crippen molar-refractivity contribution in [2.24, 2.45) is 0 Å². The molecule has 0 radical (unpaired) electrons. The third kappa shape index (κ3) is 5.54. The van der Waals surface area contributed by atoms with Crippen molar-refractivity contribution >= 4 is 17.5 Å². The van der Waals surface area contributed by atoms with Crippen molar-refractivity contribution in [3.63, 3.8) is 0 Å². The van der Waals surface area contributed by atoms with Crippen LogP contribution in [0, 0.1) is 5.82 Å². The van der Waals surface area contributed by atoms with E-state index in [0.717, 1.165) is 39.0 Å². The summed E-state index contributed by atoms with van der Waals surface area (Å²) in [6, 6.07) is 6.26. The first-order valence-corrected chi connectivity index (χ1v) is 10.7. The topological polar surface area (TPSA) is 55.9 Å². The van der Waals surface area contributed by atoms with Gasteiger partial charge in [-0.05, 0) is 64.3 Å². The molecule has 160 valence electrons. The molecule has 3 rings (SSSR count). The Morgan fingerprint density at radius 3 is 2.24 bits per heavy atom. The molecule has 29 heavy (non-hydrogen) atoms. The highest BCUT2D eigenvalue weighted by molar-refractivity contribution is 5.92. The maximum atomic E-state index is 13.1. The van der Waals surface area contributed by atoms with E-state index in [2.05, 4.69) is 33.9 Å². The molecule has 0 unspecified atom stereocenters. The summed E-state index contributed by atoms with van der Waals surface area (Å²) >= 11 is 0. The third-order valence-corrected chi connectivity index (χ3v) is 6.26. The van der Waals surface area contributed by atoms with Crippen LogP contribution in [0.4, 0.5) is 10.1 Å². The molecule has 2 amide bonds. The lowest BCUT2D eigenvalue weighted by atomic mass is 9.96. The Balaban J connectivity index is 1.46. The first kappa shape index (κ1) is 21.7. The maximum absolute atomic E-state index is 13.1. The number of hydrogen-bond acceptors (Lipinski definition) is 4.